The number of pyridine rings is 1. The van der Waals surface area contributed by atoms with Gasteiger partial charge in [-0.1, -0.05) is 109 Å². The monoisotopic (exact) mass is 593 g/mol. The highest BCUT2D eigenvalue weighted by Gasteiger charge is 2.13. The maximum atomic E-state index is 4.14. The summed E-state index contributed by atoms with van der Waals surface area (Å²) in [5, 5.41) is 0. The molecule has 0 unspecified atom stereocenters. The maximum absolute atomic E-state index is 4.14. The fourth-order valence-electron chi connectivity index (χ4n) is 4.92. The largest absolute Gasteiger partial charge is 0.261 e. The molecule has 4 aromatic rings. The summed E-state index contributed by atoms with van der Waals surface area (Å²) >= 11 is 0. The van der Waals surface area contributed by atoms with E-state index in [0.29, 0.717) is 0 Å². The first kappa shape index (κ1) is 40.6. The highest BCUT2D eigenvalue weighted by molar-refractivity contribution is 5.80. The number of aryl methyl sites for hydroxylation is 5. The Bertz CT molecular complexity index is 1380. The number of benzene rings is 3. The molecule has 240 valence electrons. The van der Waals surface area contributed by atoms with Crippen LogP contribution in [0.4, 0.5) is 0 Å². The minimum atomic E-state index is 1.09. The van der Waals surface area contributed by atoms with Crippen LogP contribution in [0.1, 0.15) is 112 Å². The third kappa shape index (κ3) is 11.9. The molecule has 0 aliphatic rings. The molecule has 0 saturated heterocycles. The molecule has 1 heteroatoms. The highest BCUT2D eigenvalue weighted by Crippen LogP contribution is 2.35. The van der Waals surface area contributed by atoms with E-state index in [2.05, 4.69) is 129 Å². The van der Waals surface area contributed by atoms with Gasteiger partial charge in [0.2, 0.25) is 0 Å². The summed E-state index contributed by atoms with van der Waals surface area (Å²) in [6.07, 6.45) is 8.43. The fourth-order valence-corrected chi connectivity index (χ4v) is 4.92. The lowest BCUT2D eigenvalue weighted by Gasteiger charge is -2.17. The van der Waals surface area contributed by atoms with Crippen molar-refractivity contribution in [2.75, 3.05) is 0 Å². The van der Waals surface area contributed by atoms with Crippen molar-refractivity contribution in [2.45, 2.75) is 123 Å². The SMILES string of the molecule is C=CC.CC.CCCC.CCc1cc(-c2cccc(-c3cccc(C)c3C)c2C)cc(C)c1CC.Cc1ccnc(C)c1C. The second-order valence-electron chi connectivity index (χ2n) is 11.1. The van der Waals surface area contributed by atoms with Crippen molar-refractivity contribution in [3.05, 3.63) is 124 Å². The van der Waals surface area contributed by atoms with Gasteiger partial charge in [0, 0.05) is 11.9 Å². The Morgan fingerprint density at radius 3 is 1.59 bits per heavy atom. The molecule has 0 aliphatic carbocycles. The number of unbranched alkanes of at least 4 members (excludes halogenated alkanes) is 1. The van der Waals surface area contributed by atoms with Crippen molar-refractivity contribution in [1.82, 2.24) is 4.98 Å². The van der Waals surface area contributed by atoms with Crippen molar-refractivity contribution in [3.63, 3.8) is 0 Å². The van der Waals surface area contributed by atoms with Crippen molar-refractivity contribution in [3.8, 4) is 22.3 Å². The van der Waals surface area contributed by atoms with Gasteiger partial charge in [0.25, 0.3) is 0 Å². The van der Waals surface area contributed by atoms with E-state index < -0.39 is 0 Å². The van der Waals surface area contributed by atoms with Gasteiger partial charge in [0.05, 0.1) is 0 Å². The molecule has 44 heavy (non-hydrogen) atoms. The molecule has 0 spiro atoms. The Labute approximate surface area is 272 Å². The zero-order valence-electron chi connectivity index (χ0n) is 30.8. The van der Waals surface area contributed by atoms with Gasteiger partial charge >= 0.3 is 0 Å². The van der Waals surface area contributed by atoms with E-state index in [1.54, 1.807) is 6.08 Å². The first-order valence-corrected chi connectivity index (χ1v) is 16.8. The molecule has 0 saturated carbocycles. The summed E-state index contributed by atoms with van der Waals surface area (Å²) in [5.74, 6) is 0. The fraction of sp³-hybridized carbons (Fsp3) is 0.419. The molecular weight excluding hydrogens is 530 g/mol. The van der Waals surface area contributed by atoms with Crippen LogP contribution in [0.5, 0.6) is 0 Å². The lowest BCUT2D eigenvalue weighted by atomic mass is 9.87. The summed E-state index contributed by atoms with van der Waals surface area (Å²) in [4.78, 5) is 4.14. The van der Waals surface area contributed by atoms with Crippen LogP contribution in [0.2, 0.25) is 0 Å². The van der Waals surface area contributed by atoms with Crippen LogP contribution in [0.15, 0.2) is 73.4 Å². The lowest BCUT2D eigenvalue weighted by molar-refractivity contribution is 0.886. The van der Waals surface area contributed by atoms with Crippen LogP contribution in [-0.4, -0.2) is 4.98 Å². The molecule has 1 aromatic heterocycles. The second-order valence-corrected chi connectivity index (χ2v) is 11.1. The minimum Gasteiger partial charge on any atom is -0.261 e. The molecule has 0 bridgehead atoms. The smallest absolute Gasteiger partial charge is 0.0404 e. The molecule has 0 aliphatic heterocycles. The van der Waals surface area contributed by atoms with Gasteiger partial charge in [-0.25, -0.2) is 0 Å². The number of allylic oxidation sites excluding steroid dienone is 1. The summed E-state index contributed by atoms with van der Waals surface area (Å²) < 4.78 is 0. The lowest BCUT2D eigenvalue weighted by Crippen LogP contribution is -1.98. The third-order valence-electron chi connectivity index (χ3n) is 8.07. The van der Waals surface area contributed by atoms with Gasteiger partial charge in [-0.15, -0.1) is 6.58 Å². The molecule has 0 atom stereocenters. The minimum absolute atomic E-state index is 1.09. The summed E-state index contributed by atoms with van der Waals surface area (Å²) in [5.41, 5.74) is 17.7. The molecule has 0 N–H and O–H groups in total. The van der Waals surface area contributed by atoms with Crippen molar-refractivity contribution >= 4 is 0 Å². The van der Waals surface area contributed by atoms with E-state index >= 15 is 0 Å². The van der Waals surface area contributed by atoms with E-state index in [1.165, 1.54) is 79.6 Å². The molecular formula is C43H63N. The molecule has 1 heterocycles. The van der Waals surface area contributed by atoms with Gasteiger partial charge < -0.3 is 0 Å². The van der Waals surface area contributed by atoms with Crippen LogP contribution < -0.4 is 0 Å². The van der Waals surface area contributed by atoms with E-state index in [-0.39, 0.29) is 0 Å². The summed E-state index contributed by atoms with van der Waals surface area (Å²) in [7, 11) is 0. The Morgan fingerprint density at radius 2 is 1.11 bits per heavy atom. The second kappa shape index (κ2) is 22.1. The average molecular weight is 594 g/mol. The highest BCUT2D eigenvalue weighted by atomic mass is 14.7. The molecule has 1 nitrogen and oxygen atoms in total. The number of aromatic nitrogens is 1. The van der Waals surface area contributed by atoms with Crippen LogP contribution in [0.3, 0.4) is 0 Å². The number of rotatable bonds is 5. The average Bonchev–Trinajstić information content (AvgIpc) is 3.03. The van der Waals surface area contributed by atoms with Crippen LogP contribution in [-0.2, 0) is 12.8 Å². The number of hydrogen-bond acceptors (Lipinski definition) is 1. The zero-order chi connectivity index (χ0) is 33.8. The van der Waals surface area contributed by atoms with Crippen molar-refractivity contribution in [2.24, 2.45) is 0 Å². The number of hydrogen-bond donors (Lipinski definition) is 0. The first-order valence-electron chi connectivity index (χ1n) is 16.8. The van der Waals surface area contributed by atoms with Gasteiger partial charge in [-0.05, 0) is 141 Å². The Kier molecular flexibility index (Phi) is 20.4. The predicted octanol–water partition coefficient (Wildman–Crippen LogP) is 13.4. The normalized spacial score (nSPS) is 9.59. The van der Waals surface area contributed by atoms with Gasteiger partial charge in [-0.3, -0.25) is 4.98 Å². The predicted molar refractivity (Wildman–Crippen MR) is 201 cm³/mol. The molecule has 3 aromatic carbocycles. The van der Waals surface area contributed by atoms with Gasteiger partial charge in [0.1, 0.15) is 0 Å². The van der Waals surface area contributed by atoms with E-state index in [9.17, 15) is 0 Å². The zero-order valence-corrected chi connectivity index (χ0v) is 30.8. The molecule has 0 radical (unpaired) electrons. The summed E-state index contributed by atoms with van der Waals surface area (Å²) in [6, 6.07) is 20.1. The van der Waals surface area contributed by atoms with E-state index in [4.69, 9.17) is 0 Å². The first-order chi connectivity index (χ1) is 21.0. The Hall–Kier alpha value is -3.45. The van der Waals surface area contributed by atoms with Crippen molar-refractivity contribution in [1.29, 1.82) is 0 Å². The van der Waals surface area contributed by atoms with Gasteiger partial charge in [-0.2, -0.15) is 0 Å². The maximum Gasteiger partial charge on any atom is 0.0404 e. The molecule has 0 amide bonds. The topological polar surface area (TPSA) is 12.9 Å². The summed E-state index contributed by atoms with van der Waals surface area (Å²) in [6.45, 7) is 33.3. The Balaban J connectivity index is 0.000000843. The van der Waals surface area contributed by atoms with Crippen LogP contribution >= 0.6 is 0 Å². The van der Waals surface area contributed by atoms with Crippen LogP contribution in [0.25, 0.3) is 22.3 Å². The van der Waals surface area contributed by atoms with Crippen LogP contribution in [0, 0.1) is 48.5 Å². The van der Waals surface area contributed by atoms with Crippen molar-refractivity contribution < 1.29 is 0 Å². The third-order valence-corrected chi connectivity index (χ3v) is 8.07. The quantitative estimate of drug-likeness (QED) is 0.210. The molecule has 4 rings (SSSR count). The number of nitrogens with zero attached hydrogens (tertiary/aromatic N) is 1. The van der Waals surface area contributed by atoms with Gasteiger partial charge in [0.15, 0.2) is 0 Å². The van der Waals surface area contributed by atoms with E-state index in [0.717, 1.165) is 18.5 Å². The van der Waals surface area contributed by atoms with E-state index in [1.807, 2.05) is 40.0 Å². The molecule has 0 fully saturated rings. The standard InChI is InChI=1S/C26H30.C8H11N.C4H10.C3H6.C2H6/c1-7-21-16-22(15-18(4)23(21)8-2)24-12-10-14-26(20(24)6)25-13-9-11-17(3)19(25)5;1-6-4-5-9-8(3)7(6)2;1-3-4-2;1-3-2;1-2/h9-16H,7-8H2,1-6H3;4-5H,1-3H3;3-4H2,1-2H3;3H,1H2,2H3;1-2H3. The Morgan fingerprint density at radius 1 is 0.614 bits per heavy atom.